The number of carboxylic acid groups (broad SMARTS) is 1. The number of aromatic nitrogens is 3. The predicted molar refractivity (Wildman–Crippen MR) is 105 cm³/mol. The van der Waals surface area contributed by atoms with Crippen LogP contribution in [-0.2, 0) is 9.53 Å². The molecule has 0 saturated heterocycles. The number of benzene rings is 2. The number of nitrogens with zero attached hydrogens (tertiary/aromatic N) is 3. The monoisotopic (exact) mass is 390 g/mol. The Morgan fingerprint density at radius 3 is 2.52 bits per heavy atom. The molecule has 4 rings (SSSR count). The number of carbonyl (C=O) groups is 2. The Morgan fingerprint density at radius 1 is 1.14 bits per heavy atom. The van der Waals surface area contributed by atoms with E-state index >= 15 is 0 Å². The normalized spacial score (nSPS) is 15.4. The summed E-state index contributed by atoms with van der Waals surface area (Å²) in [6.45, 7) is 1.97. The van der Waals surface area contributed by atoms with Crippen LogP contribution in [0.4, 0.5) is 5.95 Å². The summed E-state index contributed by atoms with van der Waals surface area (Å²) in [5, 5.41) is 16.7. The first kappa shape index (κ1) is 18.4. The van der Waals surface area contributed by atoms with E-state index in [4.69, 9.17) is 4.74 Å². The van der Waals surface area contributed by atoms with Crippen LogP contribution in [0, 0.1) is 0 Å². The van der Waals surface area contributed by atoms with E-state index in [1.54, 1.807) is 23.7 Å². The second-order valence-corrected chi connectivity index (χ2v) is 6.36. The third-order valence-corrected chi connectivity index (χ3v) is 4.63. The highest BCUT2D eigenvalue weighted by atomic mass is 16.5. The maximum atomic E-state index is 13.0. The van der Waals surface area contributed by atoms with E-state index in [0.29, 0.717) is 22.8 Å². The van der Waals surface area contributed by atoms with Crippen LogP contribution in [0.1, 0.15) is 34.5 Å². The van der Waals surface area contributed by atoms with Crippen molar-refractivity contribution >= 4 is 23.6 Å². The van der Waals surface area contributed by atoms with Gasteiger partial charge in [-0.1, -0.05) is 42.5 Å². The molecule has 8 heteroatoms. The minimum atomic E-state index is -1.02. The zero-order valence-electron chi connectivity index (χ0n) is 15.6. The number of aromatic carboxylic acids is 1. The van der Waals surface area contributed by atoms with Crippen molar-refractivity contribution in [2.75, 3.05) is 11.9 Å². The largest absolute Gasteiger partial charge is 0.478 e. The van der Waals surface area contributed by atoms with Crippen molar-refractivity contribution in [3.63, 3.8) is 0 Å². The summed E-state index contributed by atoms with van der Waals surface area (Å²) in [6.07, 6.45) is 1.40. The highest BCUT2D eigenvalue weighted by molar-refractivity contribution is 6.02. The Labute approximate surface area is 166 Å². The predicted octanol–water partition coefficient (Wildman–Crippen LogP) is 2.97. The van der Waals surface area contributed by atoms with Crippen LogP contribution in [0.25, 0.3) is 5.70 Å². The minimum Gasteiger partial charge on any atom is -0.478 e. The summed E-state index contributed by atoms with van der Waals surface area (Å²) >= 11 is 0. The second-order valence-electron chi connectivity index (χ2n) is 6.36. The van der Waals surface area contributed by atoms with Crippen molar-refractivity contribution in [1.29, 1.82) is 0 Å². The Kier molecular flexibility index (Phi) is 4.82. The molecule has 0 spiro atoms. The van der Waals surface area contributed by atoms with Gasteiger partial charge in [0.2, 0.25) is 5.95 Å². The van der Waals surface area contributed by atoms with Crippen LogP contribution in [0.5, 0.6) is 0 Å². The molecule has 2 N–H and O–H groups in total. The van der Waals surface area contributed by atoms with Gasteiger partial charge in [-0.2, -0.15) is 10.1 Å². The zero-order chi connectivity index (χ0) is 20.4. The zero-order valence-corrected chi connectivity index (χ0v) is 15.6. The van der Waals surface area contributed by atoms with E-state index in [9.17, 15) is 14.7 Å². The lowest BCUT2D eigenvalue weighted by atomic mass is 9.92. The molecule has 1 aromatic heterocycles. The van der Waals surface area contributed by atoms with E-state index in [2.05, 4.69) is 15.4 Å². The fraction of sp³-hybridized carbons (Fsp3) is 0.143. The number of carbonyl (C=O) groups excluding carboxylic acids is 1. The van der Waals surface area contributed by atoms with Crippen molar-refractivity contribution in [1.82, 2.24) is 14.8 Å². The molecule has 0 amide bonds. The molecule has 29 heavy (non-hydrogen) atoms. The average molecular weight is 390 g/mol. The lowest BCUT2D eigenvalue weighted by Crippen LogP contribution is -2.30. The standard InChI is InChI=1S/C21H18N4O4/c1-2-29-20(28)16-17(13-6-4-3-5-7-13)24-21-22-12-23-25(21)18(16)14-8-10-15(11-9-14)19(26)27/h3-12,18H,2H2,1H3,(H,26,27)(H,22,23,24)/t18-/m0/s1. The number of nitrogens with one attached hydrogen (secondary N) is 1. The number of rotatable bonds is 5. The van der Waals surface area contributed by atoms with Crippen LogP contribution in [-0.4, -0.2) is 38.4 Å². The Balaban J connectivity index is 1.92. The number of fused-ring (bicyclic) bond motifs is 1. The number of anilines is 1. The number of hydrogen-bond acceptors (Lipinski definition) is 6. The Bertz CT molecular complexity index is 1090. The summed E-state index contributed by atoms with van der Waals surface area (Å²) < 4.78 is 6.94. The molecule has 3 aromatic rings. The van der Waals surface area contributed by atoms with Gasteiger partial charge in [0.15, 0.2) is 0 Å². The van der Waals surface area contributed by atoms with E-state index in [-0.39, 0.29) is 12.2 Å². The van der Waals surface area contributed by atoms with Crippen molar-refractivity contribution in [3.05, 3.63) is 83.2 Å². The summed E-state index contributed by atoms with van der Waals surface area (Å²) in [5.41, 5.74) is 2.61. The fourth-order valence-electron chi connectivity index (χ4n) is 3.34. The maximum Gasteiger partial charge on any atom is 0.338 e. The van der Waals surface area contributed by atoms with Gasteiger partial charge in [0, 0.05) is 0 Å². The molecule has 0 bridgehead atoms. The molecular formula is C21H18N4O4. The lowest BCUT2D eigenvalue weighted by molar-refractivity contribution is -0.138. The summed E-state index contributed by atoms with van der Waals surface area (Å²) in [7, 11) is 0. The van der Waals surface area contributed by atoms with Crippen LogP contribution in [0.2, 0.25) is 0 Å². The Morgan fingerprint density at radius 2 is 1.86 bits per heavy atom. The smallest absolute Gasteiger partial charge is 0.338 e. The van der Waals surface area contributed by atoms with E-state index in [0.717, 1.165) is 5.56 Å². The minimum absolute atomic E-state index is 0.159. The first-order valence-electron chi connectivity index (χ1n) is 9.06. The fourth-order valence-corrected chi connectivity index (χ4v) is 3.34. The van der Waals surface area contributed by atoms with Crippen molar-refractivity contribution in [2.24, 2.45) is 0 Å². The second kappa shape index (κ2) is 7.59. The number of carboxylic acids is 1. The molecule has 2 aromatic carbocycles. The van der Waals surface area contributed by atoms with Gasteiger partial charge in [-0.15, -0.1) is 0 Å². The first-order chi connectivity index (χ1) is 14.1. The lowest BCUT2D eigenvalue weighted by Gasteiger charge is -2.29. The van der Waals surface area contributed by atoms with E-state index in [1.165, 1.54) is 18.5 Å². The molecule has 0 radical (unpaired) electrons. The molecule has 0 unspecified atom stereocenters. The van der Waals surface area contributed by atoms with Gasteiger partial charge >= 0.3 is 11.9 Å². The van der Waals surface area contributed by atoms with Crippen LogP contribution in [0.15, 0.2) is 66.5 Å². The third-order valence-electron chi connectivity index (χ3n) is 4.63. The van der Waals surface area contributed by atoms with Crippen LogP contribution in [0.3, 0.4) is 0 Å². The van der Waals surface area contributed by atoms with Crippen LogP contribution < -0.4 is 5.32 Å². The summed E-state index contributed by atoms with van der Waals surface area (Å²) in [4.78, 5) is 28.5. The quantitative estimate of drug-likeness (QED) is 0.645. The van der Waals surface area contributed by atoms with Crippen LogP contribution >= 0.6 is 0 Å². The van der Waals surface area contributed by atoms with Gasteiger partial charge in [0.25, 0.3) is 0 Å². The SMILES string of the molecule is CCOC(=O)C1=C(c2ccccc2)Nc2ncnn2[C@H]1c1ccc(C(=O)O)cc1. The molecule has 8 nitrogen and oxygen atoms in total. The van der Waals surface area contributed by atoms with Gasteiger partial charge in [0.05, 0.1) is 23.4 Å². The molecule has 0 aliphatic carbocycles. The average Bonchev–Trinajstić information content (AvgIpc) is 3.21. The van der Waals surface area contributed by atoms with E-state index < -0.39 is 18.0 Å². The van der Waals surface area contributed by atoms with Gasteiger partial charge < -0.3 is 15.2 Å². The highest BCUT2D eigenvalue weighted by Crippen LogP contribution is 2.38. The molecule has 1 atom stereocenters. The van der Waals surface area contributed by atoms with Crippen molar-refractivity contribution in [3.8, 4) is 0 Å². The molecule has 146 valence electrons. The van der Waals surface area contributed by atoms with E-state index in [1.807, 2.05) is 30.3 Å². The molecule has 1 aliphatic heterocycles. The number of esters is 1. The molecule has 0 saturated carbocycles. The summed E-state index contributed by atoms with van der Waals surface area (Å²) in [6, 6.07) is 15.1. The topological polar surface area (TPSA) is 106 Å². The van der Waals surface area contributed by atoms with Gasteiger partial charge in [-0.25, -0.2) is 14.3 Å². The molecule has 0 fully saturated rings. The molecular weight excluding hydrogens is 372 g/mol. The van der Waals surface area contributed by atoms with Gasteiger partial charge in [-0.3, -0.25) is 0 Å². The van der Waals surface area contributed by atoms with Crippen molar-refractivity contribution < 1.29 is 19.4 Å². The Hall–Kier alpha value is -3.94. The molecule has 2 heterocycles. The molecule has 1 aliphatic rings. The summed E-state index contributed by atoms with van der Waals surface area (Å²) in [5.74, 6) is -1.02. The number of hydrogen-bond donors (Lipinski definition) is 2. The van der Waals surface area contributed by atoms with Gasteiger partial charge in [0.1, 0.15) is 12.4 Å². The third kappa shape index (κ3) is 3.36. The highest BCUT2D eigenvalue weighted by Gasteiger charge is 2.36. The first-order valence-corrected chi connectivity index (χ1v) is 9.06. The maximum absolute atomic E-state index is 13.0. The number of ether oxygens (including phenoxy) is 1. The van der Waals surface area contributed by atoms with Crippen molar-refractivity contribution in [2.45, 2.75) is 13.0 Å². The van der Waals surface area contributed by atoms with Gasteiger partial charge in [-0.05, 0) is 30.2 Å².